The minimum atomic E-state index is -0.400. The fourth-order valence-electron chi connectivity index (χ4n) is 2.59. The number of nitrogens with one attached hydrogen (secondary N) is 4. The Balaban J connectivity index is 1.85. The SMILES string of the molecule is NCCNCCNC1=C(c2cc3ccccc3[nH]2)C(=O)NC1=O. The first-order chi connectivity index (χ1) is 11.2. The summed E-state index contributed by atoms with van der Waals surface area (Å²) in [6, 6.07) is 9.60. The van der Waals surface area contributed by atoms with Crippen molar-refractivity contribution in [2.75, 3.05) is 26.2 Å². The van der Waals surface area contributed by atoms with Crippen LogP contribution in [0.2, 0.25) is 0 Å². The van der Waals surface area contributed by atoms with E-state index in [0.717, 1.165) is 10.9 Å². The Kier molecular flexibility index (Phi) is 4.40. The standard InChI is InChI=1S/C16H19N5O2/c17-5-6-18-7-8-19-14-13(15(22)21-16(14)23)12-9-10-3-1-2-4-11(10)20-12/h1-4,9,18,20H,5-8,17H2,(H2,19,21,22,23). The summed E-state index contributed by atoms with van der Waals surface area (Å²) in [4.78, 5) is 27.3. The number of aromatic nitrogens is 1. The number of hydrogen-bond donors (Lipinski definition) is 5. The van der Waals surface area contributed by atoms with Crippen LogP contribution in [0.15, 0.2) is 36.0 Å². The van der Waals surface area contributed by atoms with E-state index in [2.05, 4.69) is 20.9 Å². The minimum absolute atomic E-state index is 0.302. The number of para-hydroxylation sites is 1. The van der Waals surface area contributed by atoms with Gasteiger partial charge in [-0.05, 0) is 12.1 Å². The van der Waals surface area contributed by atoms with Gasteiger partial charge in [-0.2, -0.15) is 0 Å². The molecule has 2 heterocycles. The Labute approximate surface area is 133 Å². The van der Waals surface area contributed by atoms with E-state index in [1.165, 1.54) is 0 Å². The second-order valence-electron chi connectivity index (χ2n) is 5.27. The molecule has 0 aliphatic carbocycles. The van der Waals surface area contributed by atoms with Crippen molar-refractivity contribution < 1.29 is 9.59 Å². The molecule has 0 atom stereocenters. The van der Waals surface area contributed by atoms with E-state index in [1.807, 2.05) is 30.3 Å². The Bertz CT molecular complexity index is 745. The summed E-state index contributed by atoms with van der Waals surface area (Å²) in [7, 11) is 0. The van der Waals surface area contributed by atoms with Crippen molar-refractivity contribution in [3.8, 4) is 0 Å². The van der Waals surface area contributed by atoms with Crippen LogP contribution in [0.5, 0.6) is 0 Å². The fourth-order valence-corrected chi connectivity index (χ4v) is 2.59. The lowest BCUT2D eigenvalue weighted by atomic mass is 10.1. The molecule has 120 valence electrons. The zero-order valence-corrected chi connectivity index (χ0v) is 12.6. The van der Waals surface area contributed by atoms with E-state index in [1.54, 1.807) is 0 Å². The number of amides is 2. The van der Waals surface area contributed by atoms with Gasteiger partial charge in [-0.1, -0.05) is 18.2 Å². The average molecular weight is 313 g/mol. The van der Waals surface area contributed by atoms with Gasteiger partial charge < -0.3 is 21.4 Å². The lowest BCUT2D eigenvalue weighted by Crippen LogP contribution is -2.33. The largest absolute Gasteiger partial charge is 0.379 e. The van der Waals surface area contributed by atoms with E-state index in [0.29, 0.717) is 43.1 Å². The molecule has 0 saturated carbocycles. The first-order valence-electron chi connectivity index (χ1n) is 7.53. The monoisotopic (exact) mass is 313 g/mol. The van der Waals surface area contributed by atoms with Gasteiger partial charge in [0.25, 0.3) is 11.8 Å². The Morgan fingerprint density at radius 3 is 2.65 bits per heavy atom. The summed E-state index contributed by atoms with van der Waals surface area (Å²) < 4.78 is 0. The third-order valence-electron chi connectivity index (χ3n) is 3.66. The molecule has 0 unspecified atom stereocenters. The Morgan fingerprint density at radius 2 is 1.87 bits per heavy atom. The van der Waals surface area contributed by atoms with Crippen LogP contribution in [0.1, 0.15) is 5.69 Å². The highest BCUT2D eigenvalue weighted by molar-refractivity contribution is 6.35. The molecule has 0 saturated heterocycles. The van der Waals surface area contributed by atoms with Crippen molar-refractivity contribution in [3.63, 3.8) is 0 Å². The van der Waals surface area contributed by atoms with Crippen LogP contribution in [-0.2, 0) is 9.59 Å². The topological polar surface area (TPSA) is 112 Å². The molecule has 7 heteroatoms. The highest BCUT2D eigenvalue weighted by Gasteiger charge is 2.32. The van der Waals surface area contributed by atoms with Crippen molar-refractivity contribution in [2.24, 2.45) is 5.73 Å². The highest BCUT2D eigenvalue weighted by Crippen LogP contribution is 2.25. The summed E-state index contributed by atoms with van der Waals surface area (Å²) in [6.07, 6.45) is 0. The van der Waals surface area contributed by atoms with Gasteiger partial charge in [0.05, 0.1) is 11.3 Å². The summed E-state index contributed by atoms with van der Waals surface area (Å²) >= 11 is 0. The molecule has 1 aromatic heterocycles. The molecule has 7 nitrogen and oxygen atoms in total. The van der Waals surface area contributed by atoms with E-state index in [9.17, 15) is 9.59 Å². The molecule has 1 aliphatic rings. The third kappa shape index (κ3) is 3.10. The van der Waals surface area contributed by atoms with Crippen LogP contribution in [-0.4, -0.2) is 43.0 Å². The van der Waals surface area contributed by atoms with E-state index >= 15 is 0 Å². The van der Waals surface area contributed by atoms with Crippen molar-refractivity contribution in [2.45, 2.75) is 0 Å². The van der Waals surface area contributed by atoms with Crippen LogP contribution in [0, 0.1) is 0 Å². The second kappa shape index (κ2) is 6.64. The maximum Gasteiger partial charge on any atom is 0.275 e. The fraction of sp³-hybridized carbons (Fsp3) is 0.250. The Morgan fingerprint density at radius 1 is 1.04 bits per heavy atom. The van der Waals surface area contributed by atoms with E-state index in [4.69, 9.17) is 5.73 Å². The van der Waals surface area contributed by atoms with Gasteiger partial charge in [-0.25, -0.2) is 0 Å². The average Bonchev–Trinajstić information content (AvgIpc) is 3.07. The molecule has 0 fully saturated rings. The number of benzene rings is 1. The smallest absolute Gasteiger partial charge is 0.275 e. The molecule has 1 aromatic carbocycles. The molecule has 23 heavy (non-hydrogen) atoms. The number of imide groups is 1. The number of H-pyrrole nitrogens is 1. The maximum atomic E-state index is 12.1. The summed E-state index contributed by atoms with van der Waals surface area (Å²) in [6.45, 7) is 2.45. The molecule has 1 aliphatic heterocycles. The molecule has 6 N–H and O–H groups in total. The van der Waals surface area contributed by atoms with Crippen LogP contribution >= 0.6 is 0 Å². The Hall–Kier alpha value is -2.64. The molecule has 0 spiro atoms. The number of aromatic amines is 1. The number of fused-ring (bicyclic) bond motifs is 1. The lowest BCUT2D eigenvalue weighted by Gasteiger charge is -2.07. The van der Waals surface area contributed by atoms with Crippen molar-refractivity contribution in [1.29, 1.82) is 0 Å². The molecule has 2 amide bonds. The molecular weight excluding hydrogens is 294 g/mol. The number of carbonyl (C=O) groups is 2. The van der Waals surface area contributed by atoms with Gasteiger partial charge in [0, 0.05) is 37.1 Å². The van der Waals surface area contributed by atoms with Gasteiger partial charge in [-0.15, -0.1) is 0 Å². The first kappa shape index (κ1) is 15.3. The number of hydrogen-bond acceptors (Lipinski definition) is 5. The number of nitrogens with two attached hydrogens (primary N) is 1. The summed E-state index contributed by atoms with van der Waals surface area (Å²) in [5.74, 6) is -0.790. The van der Waals surface area contributed by atoms with Gasteiger partial charge in [0.1, 0.15) is 5.70 Å². The third-order valence-corrected chi connectivity index (χ3v) is 3.66. The van der Waals surface area contributed by atoms with Gasteiger partial charge >= 0.3 is 0 Å². The van der Waals surface area contributed by atoms with Crippen LogP contribution in [0.3, 0.4) is 0 Å². The zero-order chi connectivity index (χ0) is 16.2. The van der Waals surface area contributed by atoms with E-state index < -0.39 is 5.91 Å². The lowest BCUT2D eigenvalue weighted by molar-refractivity contribution is -0.123. The predicted octanol–water partition coefficient (Wildman–Crippen LogP) is -0.327. The van der Waals surface area contributed by atoms with Crippen molar-refractivity contribution >= 4 is 28.3 Å². The maximum absolute atomic E-state index is 12.1. The summed E-state index contributed by atoms with van der Waals surface area (Å²) in [5.41, 5.74) is 7.61. The van der Waals surface area contributed by atoms with Gasteiger partial charge in [-0.3, -0.25) is 14.9 Å². The van der Waals surface area contributed by atoms with Gasteiger partial charge in [0.15, 0.2) is 0 Å². The first-order valence-corrected chi connectivity index (χ1v) is 7.53. The van der Waals surface area contributed by atoms with E-state index in [-0.39, 0.29) is 5.91 Å². The van der Waals surface area contributed by atoms with Crippen molar-refractivity contribution in [3.05, 3.63) is 41.7 Å². The molecule has 3 rings (SSSR count). The molecule has 2 aromatic rings. The molecule has 0 radical (unpaired) electrons. The summed E-state index contributed by atoms with van der Waals surface area (Å²) in [5, 5.41) is 9.49. The number of carbonyl (C=O) groups excluding carboxylic acids is 2. The quantitative estimate of drug-likeness (QED) is 0.355. The molecule has 0 bridgehead atoms. The predicted molar refractivity (Wildman–Crippen MR) is 88.3 cm³/mol. The normalized spacial score (nSPS) is 14.7. The second-order valence-corrected chi connectivity index (χ2v) is 5.27. The van der Waals surface area contributed by atoms with Crippen LogP contribution in [0.4, 0.5) is 0 Å². The van der Waals surface area contributed by atoms with Gasteiger partial charge in [0.2, 0.25) is 0 Å². The number of rotatable bonds is 7. The molecular formula is C16H19N5O2. The van der Waals surface area contributed by atoms with Crippen LogP contribution < -0.4 is 21.7 Å². The zero-order valence-electron chi connectivity index (χ0n) is 12.6. The minimum Gasteiger partial charge on any atom is -0.379 e. The van der Waals surface area contributed by atoms with Crippen LogP contribution in [0.25, 0.3) is 16.5 Å². The van der Waals surface area contributed by atoms with Crippen molar-refractivity contribution in [1.82, 2.24) is 20.9 Å². The highest BCUT2D eigenvalue weighted by atomic mass is 16.2.